The summed E-state index contributed by atoms with van der Waals surface area (Å²) in [6, 6.07) is 3.35. The normalized spacial score (nSPS) is 17.6. The van der Waals surface area contributed by atoms with E-state index < -0.39 is 0 Å². The van der Waals surface area contributed by atoms with Gasteiger partial charge in [-0.1, -0.05) is 25.4 Å². The predicted octanol–water partition coefficient (Wildman–Crippen LogP) is 3.73. The number of carbonyl (C=O) groups excluding carboxylic acids is 1. The minimum atomic E-state index is -0.369. The molecule has 0 radical (unpaired) electrons. The van der Waals surface area contributed by atoms with Gasteiger partial charge in [0, 0.05) is 18.8 Å². The summed E-state index contributed by atoms with van der Waals surface area (Å²) in [4.78, 5) is 14.3. The van der Waals surface area contributed by atoms with Gasteiger partial charge in [0.25, 0.3) is 0 Å². The summed E-state index contributed by atoms with van der Waals surface area (Å²) in [5, 5.41) is 0.512. The molecule has 1 heterocycles. The van der Waals surface area contributed by atoms with Gasteiger partial charge in [-0.25, -0.2) is 4.79 Å². The lowest BCUT2D eigenvalue weighted by Crippen LogP contribution is -2.38. The lowest BCUT2D eigenvalue weighted by atomic mass is 9.82. The molecular weight excluding hydrogens is 288 g/mol. The average Bonchev–Trinajstić information content (AvgIpc) is 2.39. The summed E-state index contributed by atoms with van der Waals surface area (Å²) < 4.78 is 5.13. The molecule has 0 spiro atoms. The van der Waals surface area contributed by atoms with Crippen molar-refractivity contribution >= 4 is 28.9 Å². The van der Waals surface area contributed by atoms with Gasteiger partial charge in [0.05, 0.1) is 22.9 Å². The lowest BCUT2D eigenvalue weighted by Gasteiger charge is -2.39. The SMILES string of the molecule is CCOC(=O)c1cc(N)cc(Cl)c1N1CCC(C)(C)CC1. The van der Waals surface area contributed by atoms with E-state index in [1.54, 1.807) is 19.1 Å². The van der Waals surface area contributed by atoms with Crippen molar-refractivity contribution in [2.24, 2.45) is 5.41 Å². The largest absolute Gasteiger partial charge is 0.462 e. The zero-order valence-corrected chi connectivity index (χ0v) is 13.7. The molecule has 1 saturated heterocycles. The first-order chi connectivity index (χ1) is 9.84. The predicted molar refractivity (Wildman–Crippen MR) is 87.0 cm³/mol. The number of benzene rings is 1. The second-order valence-electron chi connectivity index (χ2n) is 6.27. The molecule has 2 rings (SSSR count). The maximum atomic E-state index is 12.2. The standard InChI is InChI=1S/C16H23ClN2O2/c1-4-21-15(20)12-9-11(18)10-13(17)14(12)19-7-5-16(2,3)6-8-19/h9-10H,4-8,18H2,1-3H3. The number of halogens is 1. The second kappa shape index (κ2) is 6.14. The molecule has 5 heteroatoms. The van der Waals surface area contributed by atoms with Crippen LogP contribution < -0.4 is 10.6 Å². The zero-order valence-electron chi connectivity index (χ0n) is 12.9. The van der Waals surface area contributed by atoms with Crippen molar-refractivity contribution in [3.63, 3.8) is 0 Å². The Morgan fingerprint density at radius 1 is 1.38 bits per heavy atom. The highest BCUT2D eigenvalue weighted by Gasteiger charge is 2.29. The summed E-state index contributed by atoms with van der Waals surface area (Å²) >= 11 is 6.35. The van der Waals surface area contributed by atoms with E-state index in [9.17, 15) is 4.79 Å². The fraction of sp³-hybridized carbons (Fsp3) is 0.562. The first-order valence-corrected chi connectivity index (χ1v) is 7.73. The van der Waals surface area contributed by atoms with Crippen LogP contribution in [0.4, 0.5) is 11.4 Å². The molecule has 1 aliphatic heterocycles. The van der Waals surface area contributed by atoms with E-state index in [0.717, 1.165) is 31.6 Å². The number of ether oxygens (including phenoxy) is 1. The van der Waals surface area contributed by atoms with Gasteiger partial charge in [-0.15, -0.1) is 0 Å². The minimum absolute atomic E-state index is 0.331. The molecule has 2 N–H and O–H groups in total. The number of hydrogen-bond acceptors (Lipinski definition) is 4. The van der Waals surface area contributed by atoms with Gasteiger partial charge in [-0.05, 0) is 37.3 Å². The van der Waals surface area contributed by atoms with Crippen LogP contribution in [-0.2, 0) is 4.74 Å². The molecule has 0 atom stereocenters. The molecule has 4 nitrogen and oxygen atoms in total. The van der Waals surface area contributed by atoms with Crippen molar-refractivity contribution in [2.75, 3.05) is 30.3 Å². The summed E-state index contributed by atoms with van der Waals surface area (Å²) in [5.41, 5.74) is 7.84. The number of esters is 1. The van der Waals surface area contributed by atoms with Crippen LogP contribution in [0.2, 0.25) is 5.02 Å². The second-order valence-corrected chi connectivity index (χ2v) is 6.68. The van der Waals surface area contributed by atoms with Crippen molar-refractivity contribution in [1.29, 1.82) is 0 Å². The van der Waals surface area contributed by atoms with Crippen LogP contribution in [0.3, 0.4) is 0 Å². The van der Waals surface area contributed by atoms with Gasteiger partial charge in [0.15, 0.2) is 0 Å². The highest BCUT2D eigenvalue weighted by molar-refractivity contribution is 6.34. The molecule has 1 aromatic rings. The molecule has 0 bridgehead atoms. The fourth-order valence-corrected chi connectivity index (χ4v) is 2.99. The van der Waals surface area contributed by atoms with E-state index in [-0.39, 0.29) is 5.97 Å². The zero-order chi connectivity index (χ0) is 15.6. The number of nitrogens with two attached hydrogens (primary N) is 1. The molecule has 0 saturated carbocycles. The Hall–Kier alpha value is -1.42. The number of piperidine rings is 1. The maximum absolute atomic E-state index is 12.2. The first-order valence-electron chi connectivity index (χ1n) is 7.35. The van der Waals surface area contributed by atoms with Crippen LogP contribution in [0, 0.1) is 5.41 Å². The summed E-state index contributed by atoms with van der Waals surface area (Å²) in [5.74, 6) is -0.369. The highest BCUT2D eigenvalue weighted by Crippen LogP contribution is 2.38. The maximum Gasteiger partial charge on any atom is 0.340 e. The van der Waals surface area contributed by atoms with Crippen molar-refractivity contribution in [3.05, 3.63) is 22.7 Å². The Labute approximate surface area is 131 Å². The van der Waals surface area contributed by atoms with Crippen LogP contribution in [0.25, 0.3) is 0 Å². The van der Waals surface area contributed by atoms with Crippen LogP contribution in [-0.4, -0.2) is 25.7 Å². The molecule has 0 aliphatic carbocycles. The van der Waals surface area contributed by atoms with E-state index in [1.165, 1.54) is 0 Å². The van der Waals surface area contributed by atoms with Crippen molar-refractivity contribution in [2.45, 2.75) is 33.6 Å². The lowest BCUT2D eigenvalue weighted by molar-refractivity contribution is 0.0527. The van der Waals surface area contributed by atoms with E-state index >= 15 is 0 Å². The summed E-state index contributed by atoms with van der Waals surface area (Å²) in [6.45, 7) is 8.40. The fourth-order valence-electron chi connectivity index (χ4n) is 2.64. The number of hydrogen-bond donors (Lipinski definition) is 1. The van der Waals surface area contributed by atoms with Gasteiger partial charge in [0.2, 0.25) is 0 Å². The number of anilines is 2. The Bertz CT molecular complexity index is 533. The quantitative estimate of drug-likeness (QED) is 0.683. The number of nitrogen functional groups attached to an aromatic ring is 1. The van der Waals surface area contributed by atoms with Crippen molar-refractivity contribution in [3.8, 4) is 0 Å². The van der Waals surface area contributed by atoms with Crippen molar-refractivity contribution < 1.29 is 9.53 Å². The Morgan fingerprint density at radius 3 is 2.57 bits per heavy atom. The third-order valence-electron chi connectivity index (χ3n) is 4.01. The summed E-state index contributed by atoms with van der Waals surface area (Å²) in [6.07, 6.45) is 2.13. The third kappa shape index (κ3) is 3.62. The van der Waals surface area contributed by atoms with Gasteiger partial charge in [-0.3, -0.25) is 0 Å². The first kappa shape index (κ1) is 16.0. The molecule has 0 aromatic heterocycles. The van der Waals surface area contributed by atoms with E-state index in [0.29, 0.717) is 28.3 Å². The number of nitrogens with zero attached hydrogens (tertiary/aromatic N) is 1. The Morgan fingerprint density at radius 2 is 2.00 bits per heavy atom. The molecule has 1 fully saturated rings. The van der Waals surface area contributed by atoms with E-state index in [4.69, 9.17) is 22.1 Å². The van der Waals surface area contributed by atoms with Crippen LogP contribution >= 0.6 is 11.6 Å². The van der Waals surface area contributed by atoms with Crippen LogP contribution in [0.15, 0.2) is 12.1 Å². The molecular formula is C16H23ClN2O2. The molecule has 0 amide bonds. The molecule has 116 valence electrons. The molecule has 1 aliphatic rings. The van der Waals surface area contributed by atoms with Gasteiger partial charge in [0.1, 0.15) is 0 Å². The molecule has 0 unspecified atom stereocenters. The van der Waals surface area contributed by atoms with Crippen LogP contribution in [0.1, 0.15) is 44.0 Å². The topological polar surface area (TPSA) is 55.6 Å². The smallest absolute Gasteiger partial charge is 0.340 e. The number of rotatable bonds is 3. The highest BCUT2D eigenvalue weighted by atomic mass is 35.5. The van der Waals surface area contributed by atoms with E-state index in [1.807, 2.05) is 0 Å². The molecule has 21 heavy (non-hydrogen) atoms. The van der Waals surface area contributed by atoms with Crippen LogP contribution in [0.5, 0.6) is 0 Å². The monoisotopic (exact) mass is 310 g/mol. The Kier molecular flexibility index (Phi) is 4.67. The molecule has 1 aromatic carbocycles. The average molecular weight is 311 g/mol. The van der Waals surface area contributed by atoms with Crippen molar-refractivity contribution in [1.82, 2.24) is 0 Å². The minimum Gasteiger partial charge on any atom is -0.462 e. The third-order valence-corrected chi connectivity index (χ3v) is 4.30. The van der Waals surface area contributed by atoms with Gasteiger partial charge in [-0.2, -0.15) is 0 Å². The van der Waals surface area contributed by atoms with E-state index in [2.05, 4.69) is 18.7 Å². The number of carbonyl (C=O) groups is 1. The Balaban J connectivity index is 2.36. The van der Waals surface area contributed by atoms with Gasteiger partial charge < -0.3 is 15.4 Å². The summed E-state index contributed by atoms with van der Waals surface area (Å²) in [7, 11) is 0. The van der Waals surface area contributed by atoms with Gasteiger partial charge >= 0.3 is 5.97 Å².